The van der Waals surface area contributed by atoms with E-state index in [9.17, 15) is 27.9 Å². The highest BCUT2D eigenvalue weighted by molar-refractivity contribution is 6.46. The van der Waals surface area contributed by atoms with E-state index in [0.717, 1.165) is 17.0 Å². The molecule has 1 atom stereocenters. The first-order valence-electron chi connectivity index (χ1n) is 10.7. The number of halogens is 3. The molecule has 1 fully saturated rings. The minimum Gasteiger partial charge on any atom is -0.507 e. The number of ketones is 1. The van der Waals surface area contributed by atoms with Crippen molar-refractivity contribution in [3.05, 3.63) is 94.8 Å². The average molecular weight is 498 g/mol. The van der Waals surface area contributed by atoms with Crippen molar-refractivity contribution in [3.8, 4) is 11.5 Å². The Kier molecular flexibility index (Phi) is 6.69. The quantitative estimate of drug-likeness (QED) is 0.300. The van der Waals surface area contributed by atoms with E-state index in [-0.39, 0.29) is 29.0 Å². The standard InChI is InChI=1S/C26H21F3N2O5/c1-35-18-6-7-19(20(13-18)36-2)23(32)21-22(16-8-10-30-11-9-16)31(25(34)24(21)33)14-15-4-3-5-17(12-15)26(27,28)29/h3-13,22,32H,14H2,1-2H3/b23-21-. The second-order valence-electron chi connectivity index (χ2n) is 7.97. The summed E-state index contributed by atoms with van der Waals surface area (Å²) in [7, 11) is 2.83. The number of aliphatic hydroxyl groups is 1. The number of Topliss-reactive ketones (excluding diaryl/α,β-unsaturated/α-hetero) is 1. The third kappa shape index (κ3) is 4.61. The van der Waals surface area contributed by atoms with E-state index in [4.69, 9.17) is 9.47 Å². The first kappa shape index (κ1) is 24.8. The summed E-state index contributed by atoms with van der Waals surface area (Å²) in [6.45, 7) is -0.294. The van der Waals surface area contributed by atoms with E-state index in [1.165, 1.54) is 50.9 Å². The van der Waals surface area contributed by atoms with E-state index in [1.54, 1.807) is 18.2 Å². The lowest BCUT2D eigenvalue weighted by atomic mass is 9.95. The molecule has 0 aliphatic carbocycles. The van der Waals surface area contributed by atoms with Gasteiger partial charge in [-0.25, -0.2) is 0 Å². The van der Waals surface area contributed by atoms with Crippen LogP contribution in [0.4, 0.5) is 13.2 Å². The van der Waals surface area contributed by atoms with Crippen LogP contribution in [-0.2, 0) is 22.3 Å². The zero-order chi connectivity index (χ0) is 26.0. The van der Waals surface area contributed by atoms with Gasteiger partial charge in [0, 0.05) is 25.0 Å². The highest BCUT2D eigenvalue weighted by atomic mass is 19.4. The van der Waals surface area contributed by atoms with Crippen LogP contribution >= 0.6 is 0 Å². The van der Waals surface area contributed by atoms with Crippen LogP contribution in [0.5, 0.6) is 11.5 Å². The lowest BCUT2D eigenvalue weighted by Gasteiger charge is -2.25. The van der Waals surface area contributed by atoms with Gasteiger partial charge in [-0.1, -0.05) is 12.1 Å². The molecule has 1 saturated heterocycles. The van der Waals surface area contributed by atoms with Crippen LogP contribution in [0.1, 0.15) is 28.3 Å². The van der Waals surface area contributed by atoms with Gasteiger partial charge in [0.25, 0.3) is 11.7 Å². The molecule has 0 radical (unpaired) electrons. The zero-order valence-electron chi connectivity index (χ0n) is 19.2. The number of ether oxygens (including phenoxy) is 2. The molecule has 1 aliphatic heterocycles. The van der Waals surface area contributed by atoms with Crippen LogP contribution in [0.25, 0.3) is 5.76 Å². The summed E-state index contributed by atoms with van der Waals surface area (Å²) < 4.78 is 50.2. The number of benzene rings is 2. The molecule has 7 nitrogen and oxygen atoms in total. The third-order valence-electron chi connectivity index (χ3n) is 5.83. The Morgan fingerprint density at radius 3 is 2.39 bits per heavy atom. The number of pyridine rings is 1. The molecule has 1 aliphatic rings. The Hall–Kier alpha value is -4.34. The fraction of sp³-hybridized carbons (Fsp3) is 0.192. The van der Waals surface area contributed by atoms with Gasteiger partial charge in [0.2, 0.25) is 0 Å². The predicted octanol–water partition coefficient (Wildman–Crippen LogP) is 4.74. The average Bonchev–Trinajstić information content (AvgIpc) is 3.13. The van der Waals surface area contributed by atoms with Crippen molar-refractivity contribution in [3.63, 3.8) is 0 Å². The number of methoxy groups -OCH3 is 2. The van der Waals surface area contributed by atoms with Crippen LogP contribution in [0, 0.1) is 0 Å². The number of likely N-dealkylation sites (tertiary alicyclic amines) is 1. The predicted molar refractivity (Wildman–Crippen MR) is 123 cm³/mol. The maximum atomic E-state index is 13.2. The molecule has 2 aromatic carbocycles. The van der Waals surface area contributed by atoms with Gasteiger partial charge < -0.3 is 19.5 Å². The number of alkyl halides is 3. The summed E-state index contributed by atoms with van der Waals surface area (Å²) in [5.41, 5.74) is -0.325. The lowest BCUT2D eigenvalue weighted by molar-refractivity contribution is -0.140. The molecule has 2 heterocycles. The molecule has 0 saturated carbocycles. The summed E-state index contributed by atoms with van der Waals surface area (Å²) in [5.74, 6) is -1.77. The third-order valence-corrected chi connectivity index (χ3v) is 5.83. The van der Waals surface area contributed by atoms with E-state index in [1.807, 2.05) is 0 Å². The van der Waals surface area contributed by atoms with Crippen LogP contribution in [0.15, 0.2) is 72.6 Å². The molecule has 0 bridgehead atoms. The summed E-state index contributed by atoms with van der Waals surface area (Å²) in [6.07, 6.45) is -1.67. The molecule has 4 rings (SSSR count). The Morgan fingerprint density at radius 2 is 1.75 bits per heavy atom. The van der Waals surface area contributed by atoms with Crippen molar-refractivity contribution >= 4 is 17.4 Å². The van der Waals surface area contributed by atoms with E-state index in [2.05, 4.69) is 4.98 Å². The number of hydrogen-bond donors (Lipinski definition) is 1. The maximum Gasteiger partial charge on any atom is 0.416 e. The van der Waals surface area contributed by atoms with Crippen LogP contribution in [0.2, 0.25) is 0 Å². The van der Waals surface area contributed by atoms with E-state index in [0.29, 0.717) is 11.3 Å². The van der Waals surface area contributed by atoms with Gasteiger partial charge in [-0.3, -0.25) is 14.6 Å². The number of hydrogen-bond acceptors (Lipinski definition) is 6. The summed E-state index contributed by atoms with van der Waals surface area (Å²) in [6, 6.07) is 11.1. The van der Waals surface area contributed by atoms with Crippen molar-refractivity contribution in [2.24, 2.45) is 0 Å². The molecular formula is C26H21F3N2O5. The smallest absolute Gasteiger partial charge is 0.416 e. The molecule has 10 heteroatoms. The number of carbonyl (C=O) groups excluding carboxylic acids is 2. The number of rotatable bonds is 6. The van der Waals surface area contributed by atoms with E-state index >= 15 is 0 Å². The summed E-state index contributed by atoms with van der Waals surface area (Å²) in [5, 5.41) is 11.2. The number of aliphatic hydroxyl groups excluding tert-OH is 1. The highest BCUT2D eigenvalue weighted by Crippen LogP contribution is 2.42. The normalized spacial score (nSPS) is 17.4. The van der Waals surface area contributed by atoms with Gasteiger partial charge >= 0.3 is 6.18 Å². The molecule has 1 N–H and O–H groups in total. The number of carbonyl (C=O) groups is 2. The van der Waals surface area contributed by atoms with Crippen molar-refractivity contribution in [1.82, 2.24) is 9.88 Å². The van der Waals surface area contributed by atoms with Crippen LogP contribution < -0.4 is 9.47 Å². The molecule has 3 aromatic rings. The van der Waals surface area contributed by atoms with Crippen molar-refractivity contribution in [1.29, 1.82) is 0 Å². The minimum absolute atomic E-state index is 0.148. The SMILES string of the molecule is COc1ccc(/C(O)=C2/C(=O)C(=O)N(Cc3cccc(C(F)(F)F)c3)C2c2ccncc2)c(OC)c1. The second kappa shape index (κ2) is 9.73. The van der Waals surface area contributed by atoms with Crippen LogP contribution in [-0.4, -0.2) is 40.9 Å². The highest BCUT2D eigenvalue weighted by Gasteiger charge is 2.46. The first-order chi connectivity index (χ1) is 17.2. The van der Waals surface area contributed by atoms with Gasteiger partial charge in [0.1, 0.15) is 17.3 Å². The summed E-state index contributed by atoms with van der Waals surface area (Å²) >= 11 is 0. The monoisotopic (exact) mass is 498 g/mol. The number of nitrogens with zero attached hydrogens (tertiary/aromatic N) is 2. The molecule has 1 unspecified atom stereocenters. The minimum atomic E-state index is -4.57. The topological polar surface area (TPSA) is 89.0 Å². The van der Waals surface area contributed by atoms with Gasteiger partial charge in [-0.05, 0) is 47.5 Å². The Bertz CT molecular complexity index is 1340. The maximum absolute atomic E-state index is 13.2. The molecule has 186 valence electrons. The first-order valence-corrected chi connectivity index (χ1v) is 10.7. The molecular weight excluding hydrogens is 477 g/mol. The number of aromatic nitrogens is 1. The van der Waals surface area contributed by atoms with Crippen molar-refractivity contribution in [2.45, 2.75) is 18.8 Å². The Morgan fingerprint density at radius 1 is 1.03 bits per heavy atom. The fourth-order valence-electron chi connectivity index (χ4n) is 4.12. The van der Waals surface area contributed by atoms with Crippen LogP contribution in [0.3, 0.4) is 0 Å². The fourth-order valence-corrected chi connectivity index (χ4v) is 4.12. The van der Waals surface area contributed by atoms with Crippen molar-refractivity contribution in [2.75, 3.05) is 14.2 Å². The molecule has 0 spiro atoms. The lowest BCUT2D eigenvalue weighted by Crippen LogP contribution is -2.29. The van der Waals surface area contributed by atoms with Gasteiger partial charge in [0.15, 0.2) is 0 Å². The Balaban J connectivity index is 1.85. The Labute approximate surface area is 204 Å². The van der Waals surface area contributed by atoms with Gasteiger partial charge in [0.05, 0.1) is 37.0 Å². The second-order valence-corrected chi connectivity index (χ2v) is 7.97. The molecule has 36 heavy (non-hydrogen) atoms. The summed E-state index contributed by atoms with van der Waals surface area (Å²) in [4.78, 5) is 31.4. The molecule has 1 aromatic heterocycles. The largest absolute Gasteiger partial charge is 0.507 e. The van der Waals surface area contributed by atoms with Gasteiger partial charge in [-0.15, -0.1) is 0 Å². The zero-order valence-corrected chi connectivity index (χ0v) is 19.2. The van der Waals surface area contributed by atoms with E-state index < -0.39 is 35.2 Å². The number of amides is 1. The molecule has 1 amide bonds. The van der Waals surface area contributed by atoms with Crippen molar-refractivity contribution < 1.29 is 37.3 Å². The van der Waals surface area contributed by atoms with Gasteiger partial charge in [-0.2, -0.15) is 13.2 Å².